The van der Waals surface area contributed by atoms with Crippen LogP contribution < -0.4 is 15.0 Å². The molecule has 2 rings (SSSR count). The Morgan fingerprint density at radius 2 is 2.06 bits per heavy atom. The van der Waals surface area contributed by atoms with Gasteiger partial charge in [-0.2, -0.15) is 0 Å². The van der Waals surface area contributed by atoms with E-state index >= 15 is 0 Å². The van der Waals surface area contributed by atoms with Gasteiger partial charge in [-0.05, 0) is 39.0 Å². The van der Waals surface area contributed by atoms with Gasteiger partial charge in [-0.15, -0.1) is 0 Å². The van der Waals surface area contributed by atoms with Gasteiger partial charge in [-0.25, -0.2) is 0 Å². The highest BCUT2D eigenvalue weighted by Gasteiger charge is 2.30. The van der Waals surface area contributed by atoms with Crippen LogP contribution in [0.2, 0.25) is 0 Å². The number of nitrogens with two attached hydrogens (primary N) is 1. The molecule has 0 saturated heterocycles. The molecule has 0 spiro atoms. The van der Waals surface area contributed by atoms with Crippen LogP contribution in [-0.2, 0) is 6.54 Å². The molecule has 1 aliphatic heterocycles. The molecule has 1 aliphatic rings. The number of hydrogen-bond acceptors (Lipinski definition) is 1. The fourth-order valence-electron chi connectivity index (χ4n) is 3.00. The first-order valence-electron chi connectivity index (χ1n) is 7.21. The Labute approximate surface area is 110 Å². The highest BCUT2D eigenvalue weighted by Crippen LogP contribution is 2.23. The molecule has 0 aliphatic carbocycles. The maximum Gasteiger partial charge on any atom is 0.163 e. The van der Waals surface area contributed by atoms with Gasteiger partial charge in [0, 0.05) is 11.1 Å². The van der Waals surface area contributed by atoms with Crippen molar-refractivity contribution in [3.8, 4) is 5.75 Å². The van der Waals surface area contributed by atoms with Crippen LogP contribution in [-0.4, -0.2) is 26.2 Å². The van der Waals surface area contributed by atoms with Crippen molar-refractivity contribution < 1.29 is 15.0 Å². The summed E-state index contributed by atoms with van der Waals surface area (Å²) in [7, 11) is 0. The number of nitrogens with one attached hydrogen (secondary N) is 1. The van der Waals surface area contributed by atoms with E-state index in [4.69, 9.17) is 4.74 Å². The smallest absolute Gasteiger partial charge is 0.163 e. The molecule has 3 N–H and O–H groups in total. The number of fused-ring (bicyclic) bond motifs is 1. The second kappa shape index (κ2) is 6.21. The zero-order chi connectivity index (χ0) is 13.0. The molecule has 1 heterocycles. The Bertz CT molecular complexity index is 388. The summed E-state index contributed by atoms with van der Waals surface area (Å²) < 4.78 is 5.65. The lowest BCUT2D eigenvalue weighted by Crippen LogP contribution is -3.14. The monoisotopic (exact) mass is 250 g/mol. The standard InChI is InChI=1S/C15H24N2O/c1-4-17(5-2)15-11-16-10-12-7-8-13(18-6-3)9-14(12)15/h7-9,15-16H,4-6,10-11H2,1-3H3/p+2/t15-/m0/s1. The van der Waals surface area contributed by atoms with Gasteiger partial charge in [0.15, 0.2) is 6.04 Å². The van der Waals surface area contributed by atoms with Crippen LogP contribution in [0.5, 0.6) is 5.75 Å². The number of hydrogen-bond donors (Lipinski definition) is 2. The minimum absolute atomic E-state index is 0.615. The number of rotatable bonds is 5. The molecule has 100 valence electrons. The summed E-state index contributed by atoms with van der Waals surface area (Å²) >= 11 is 0. The van der Waals surface area contributed by atoms with Gasteiger partial charge >= 0.3 is 0 Å². The lowest BCUT2D eigenvalue weighted by molar-refractivity contribution is -0.945. The highest BCUT2D eigenvalue weighted by molar-refractivity contribution is 5.37. The van der Waals surface area contributed by atoms with Crippen LogP contribution >= 0.6 is 0 Å². The molecule has 0 radical (unpaired) electrons. The quantitative estimate of drug-likeness (QED) is 0.764. The lowest BCUT2D eigenvalue weighted by Gasteiger charge is -2.30. The third-order valence-corrected chi connectivity index (χ3v) is 3.97. The maximum atomic E-state index is 5.65. The minimum atomic E-state index is 0.615. The van der Waals surface area contributed by atoms with Gasteiger partial charge in [0.2, 0.25) is 0 Å². The zero-order valence-corrected chi connectivity index (χ0v) is 11.8. The van der Waals surface area contributed by atoms with Crippen molar-refractivity contribution in [3.05, 3.63) is 29.3 Å². The Kier molecular flexibility index (Phi) is 4.61. The predicted molar refractivity (Wildman–Crippen MR) is 72.9 cm³/mol. The average molecular weight is 250 g/mol. The summed E-state index contributed by atoms with van der Waals surface area (Å²) in [6.45, 7) is 12.0. The van der Waals surface area contributed by atoms with E-state index < -0.39 is 0 Å². The van der Waals surface area contributed by atoms with E-state index in [0.717, 1.165) is 18.9 Å². The Balaban J connectivity index is 2.30. The Morgan fingerprint density at radius 1 is 1.28 bits per heavy atom. The molecule has 1 atom stereocenters. The Morgan fingerprint density at radius 3 is 2.72 bits per heavy atom. The molecule has 3 heteroatoms. The van der Waals surface area contributed by atoms with Crippen molar-refractivity contribution in [2.24, 2.45) is 0 Å². The summed E-state index contributed by atoms with van der Waals surface area (Å²) in [5, 5.41) is 2.43. The van der Waals surface area contributed by atoms with E-state index in [-0.39, 0.29) is 0 Å². The van der Waals surface area contributed by atoms with E-state index in [1.165, 1.54) is 30.8 Å². The van der Waals surface area contributed by atoms with Gasteiger partial charge in [0.1, 0.15) is 18.8 Å². The topological polar surface area (TPSA) is 30.3 Å². The minimum Gasteiger partial charge on any atom is -0.494 e. The molecule has 18 heavy (non-hydrogen) atoms. The molecule has 1 aromatic rings. The predicted octanol–water partition coefficient (Wildman–Crippen LogP) is 0.128. The lowest BCUT2D eigenvalue weighted by atomic mass is 9.95. The van der Waals surface area contributed by atoms with Crippen molar-refractivity contribution in [1.29, 1.82) is 0 Å². The van der Waals surface area contributed by atoms with E-state index in [0.29, 0.717) is 6.04 Å². The van der Waals surface area contributed by atoms with Crippen LogP contribution in [0.3, 0.4) is 0 Å². The molecule has 0 unspecified atom stereocenters. The van der Waals surface area contributed by atoms with Crippen LogP contribution in [0.15, 0.2) is 18.2 Å². The van der Waals surface area contributed by atoms with Crippen molar-refractivity contribution in [3.63, 3.8) is 0 Å². The van der Waals surface area contributed by atoms with Gasteiger partial charge in [-0.1, -0.05) is 0 Å². The van der Waals surface area contributed by atoms with Crippen LogP contribution in [0.25, 0.3) is 0 Å². The van der Waals surface area contributed by atoms with Gasteiger partial charge in [-0.3, -0.25) is 0 Å². The summed E-state index contributed by atoms with van der Waals surface area (Å²) in [6.07, 6.45) is 0. The van der Waals surface area contributed by atoms with Gasteiger partial charge in [0.25, 0.3) is 0 Å². The van der Waals surface area contributed by atoms with Crippen molar-refractivity contribution in [1.82, 2.24) is 0 Å². The van der Waals surface area contributed by atoms with Gasteiger partial charge in [0.05, 0.1) is 19.7 Å². The molecule has 0 fully saturated rings. The van der Waals surface area contributed by atoms with Crippen LogP contribution in [0.4, 0.5) is 0 Å². The number of quaternary nitrogens is 2. The fraction of sp³-hybridized carbons (Fsp3) is 0.600. The maximum absolute atomic E-state index is 5.65. The summed E-state index contributed by atoms with van der Waals surface area (Å²) in [6, 6.07) is 7.23. The molecule has 1 aromatic carbocycles. The molecular formula is C15H26N2O+2. The molecule has 0 aromatic heterocycles. The van der Waals surface area contributed by atoms with Crippen molar-refractivity contribution in [2.45, 2.75) is 33.4 Å². The number of ether oxygens (including phenoxy) is 1. The molecule has 0 saturated carbocycles. The number of benzene rings is 1. The van der Waals surface area contributed by atoms with Gasteiger partial charge < -0.3 is 15.0 Å². The second-order valence-electron chi connectivity index (χ2n) is 4.94. The normalized spacial score (nSPS) is 18.8. The number of likely N-dealkylation sites (N-methyl/N-ethyl adjacent to an activating group) is 1. The molecule has 0 amide bonds. The van der Waals surface area contributed by atoms with E-state index in [2.05, 4.69) is 37.4 Å². The third-order valence-electron chi connectivity index (χ3n) is 3.97. The summed E-state index contributed by atoms with van der Waals surface area (Å²) in [5.41, 5.74) is 2.98. The van der Waals surface area contributed by atoms with E-state index in [9.17, 15) is 0 Å². The molecule has 3 nitrogen and oxygen atoms in total. The first-order chi connectivity index (χ1) is 8.80. The first kappa shape index (κ1) is 13.4. The SMILES string of the molecule is CCOc1ccc2c(c1)[C@@H]([NH+](CC)CC)C[NH2+]C2. The first-order valence-corrected chi connectivity index (χ1v) is 7.21. The molecular weight excluding hydrogens is 224 g/mol. The largest absolute Gasteiger partial charge is 0.494 e. The van der Waals surface area contributed by atoms with E-state index in [1.54, 1.807) is 4.90 Å². The average Bonchev–Trinajstić information content (AvgIpc) is 2.41. The zero-order valence-electron chi connectivity index (χ0n) is 11.8. The van der Waals surface area contributed by atoms with Crippen LogP contribution in [0, 0.1) is 0 Å². The van der Waals surface area contributed by atoms with E-state index in [1.807, 2.05) is 6.92 Å². The summed E-state index contributed by atoms with van der Waals surface area (Å²) in [5.74, 6) is 1.02. The fourth-order valence-corrected chi connectivity index (χ4v) is 3.00. The third kappa shape index (κ3) is 2.68. The second-order valence-corrected chi connectivity index (χ2v) is 4.94. The molecule has 0 bridgehead atoms. The highest BCUT2D eigenvalue weighted by atomic mass is 16.5. The summed E-state index contributed by atoms with van der Waals surface area (Å²) in [4.78, 5) is 1.67. The van der Waals surface area contributed by atoms with Crippen LogP contribution in [0.1, 0.15) is 37.9 Å². The van der Waals surface area contributed by atoms with Crippen molar-refractivity contribution in [2.75, 3.05) is 26.2 Å². The van der Waals surface area contributed by atoms with Crippen molar-refractivity contribution >= 4 is 0 Å². The Hall–Kier alpha value is -1.06.